The number of nitrogens with two attached hydrogens (primary N) is 1. The van der Waals surface area contributed by atoms with Gasteiger partial charge in [0.15, 0.2) is 0 Å². The lowest BCUT2D eigenvalue weighted by Crippen LogP contribution is -2.32. The van der Waals surface area contributed by atoms with Crippen LogP contribution in [0.15, 0.2) is 36.5 Å². The van der Waals surface area contributed by atoms with Gasteiger partial charge in [0.2, 0.25) is 0 Å². The average Bonchev–Trinajstić information content (AvgIpc) is 2.97. The molecule has 1 saturated heterocycles. The molecule has 1 aromatic carbocycles. The summed E-state index contributed by atoms with van der Waals surface area (Å²) < 4.78 is 0. The summed E-state index contributed by atoms with van der Waals surface area (Å²) in [6, 6.07) is 10.8. The summed E-state index contributed by atoms with van der Waals surface area (Å²) in [7, 11) is 0. The molecule has 0 spiro atoms. The van der Waals surface area contributed by atoms with Crippen molar-refractivity contribution in [1.82, 2.24) is 9.88 Å². The second kappa shape index (κ2) is 5.90. The first kappa shape index (κ1) is 13.5. The highest BCUT2D eigenvalue weighted by atomic mass is 15.2. The Morgan fingerprint density at radius 2 is 2.20 bits per heavy atom. The lowest BCUT2D eigenvalue weighted by Gasteiger charge is -2.27. The van der Waals surface area contributed by atoms with E-state index in [2.05, 4.69) is 41.1 Å². The largest absolute Gasteiger partial charge is 0.329 e. The number of rotatable bonds is 4. The molecule has 1 aliphatic heterocycles. The van der Waals surface area contributed by atoms with Gasteiger partial charge >= 0.3 is 0 Å². The lowest BCUT2D eigenvalue weighted by atomic mass is 10.0. The van der Waals surface area contributed by atoms with Crippen LogP contribution in [0.25, 0.3) is 10.9 Å². The molecule has 1 fully saturated rings. The van der Waals surface area contributed by atoms with E-state index < -0.39 is 0 Å². The molecule has 106 valence electrons. The minimum Gasteiger partial charge on any atom is -0.329 e. The van der Waals surface area contributed by atoms with E-state index in [1.165, 1.54) is 30.3 Å². The summed E-state index contributed by atoms with van der Waals surface area (Å²) in [5, 5.41) is 1.20. The molecule has 2 atom stereocenters. The summed E-state index contributed by atoms with van der Waals surface area (Å²) in [4.78, 5) is 7.12. The van der Waals surface area contributed by atoms with E-state index >= 15 is 0 Å². The summed E-state index contributed by atoms with van der Waals surface area (Å²) in [5.41, 5.74) is 8.48. The maximum atomic E-state index is 6.09. The molecule has 0 radical (unpaired) electrons. The number of benzene rings is 1. The molecule has 2 heterocycles. The minimum atomic E-state index is 0.296. The second-order valence-corrected chi connectivity index (χ2v) is 5.73. The van der Waals surface area contributed by atoms with Gasteiger partial charge < -0.3 is 5.73 Å². The smallest absolute Gasteiger partial charge is 0.0750 e. The molecule has 0 bridgehead atoms. The fourth-order valence-electron chi connectivity index (χ4n) is 3.35. The number of nitrogens with zero attached hydrogens (tertiary/aromatic N) is 2. The van der Waals surface area contributed by atoms with Crippen LogP contribution >= 0.6 is 0 Å². The molecule has 1 aromatic heterocycles. The van der Waals surface area contributed by atoms with Crippen LogP contribution in [0.4, 0.5) is 0 Å². The van der Waals surface area contributed by atoms with Gasteiger partial charge in [0.25, 0.3) is 0 Å². The quantitative estimate of drug-likeness (QED) is 0.928. The van der Waals surface area contributed by atoms with Crippen LogP contribution in [0.1, 0.15) is 31.4 Å². The monoisotopic (exact) mass is 269 g/mol. The molecular weight excluding hydrogens is 246 g/mol. The second-order valence-electron chi connectivity index (χ2n) is 5.73. The first-order chi connectivity index (χ1) is 9.83. The molecule has 3 rings (SSSR count). The molecule has 3 nitrogen and oxygen atoms in total. The number of hydrogen-bond donors (Lipinski definition) is 1. The Morgan fingerprint density at radius 1 is 1.35 bits per heavy atom. The predicted octanol–water partition coefficient (Wildman–Crippen LogP) is 2.97. The summed E-state index contributed by atoms with van der Waals surface area (Å²) >= 11 is 0. The van der Waals surface area contributed by atoms with Crippen molar-refractivity contribution in [2.75, 3.05) is 19.6 Å². The fraction of sp³-hybridized carbons (Fsp3) is 0.471. The van der Waals surface area contributed by atoms with Crippen molar-refractivity contribution in [3.05, 3.63) is 42.1 Å². The highest BCUT2D eigenvalue weighted by Gasteiger charge is 2.28. The van der Waals surface area contributed by atoms with Gasteiger partial charge in [-0.1, -0.05) is 37.6 Å². The molecule has 20 heavy (non-hydrogen) atoms. The van der Waals surface area contributed by atoms with Gasteiger partial charge in [-0.3, -0.25) is 9.88 Å². The van der Waals surface area contributed by atoms with Crippen molar-refractivity contribution in [2.24, 2.45) is 11.7 Å². The van der Waals surface area contributed by atoms with E-state index in [0.29, 0.717) is 12.6 Å². The zero-order valence-corrected chi connectivity index (χ0v) is 12.1. The van der Waals surface area contributed by atoms with Crippen molar-refractivity contribution in [2.45, 2.75) is 25.8 Å². The Labute approximate surface area is 120 Å². The van der Waals surface area contributed by atoms with Gasteiger partial charge in [0.1, 0.15) is 0 Å². The van der Waals surface area contributed by atoms with E-state index in [0.717, 1.165) is 18.0 Å². The molecule has 0 saturated carbocycles. The topological polar surface area (TPSA) is 42.1 Å². The van der Waals surface area contributed by atoms with Gasteiger partial charge in [-0.2, -0.15) is 0 Å². The Bertz CT molecular complexity index is 576. The first-order valence-electron chi connectivity index (χ1n) is 7.61. The molecule has 1 aliphatic rings. The minimum absolute atomic E-state index is 0.296. The van der Waals surface area contributed by atoms with Crippen molar-refractivity contribution < 1.29 is 0 Å². The molecule has 2 unspecified atom stereocenters. The highest BCUT2D eigenvalue weighted by Crippen LogP contribution is 2.31. The maximum Gasteiger partial charge on any atom is 0.0750 e. The number of pyridine rings is 1. The number of para-hydroxylation sites is 1. The first-order valence-corrected chi connectivity index (χ1v) is 7.61. The van der Waals surface area contributed by atoms with Crippen LogP contribution in [0.3, 0.4) is 0 Å². The molecule has 2 N–H and O–H groups in total. The maximum absolute atomic E-state index is 6.09. The third-order valence-electron chi connectivity index (χ3n) is 4.58. The van der Waals surface area contributed by atoms with Crippen LogP contribution < -0.4 is 5.73 Å². The van der Waals surface area contributed by atoms with Crippen molar-refractivity contribution in [3.8, 4) is 0 Å². The van der Waals surface area contributed by atoms with Crippen LogP contribution in [0, 0.1) is 5.92 Å². The van der Waals surface area contributed by atoms with Gasteiger partial charge in [-0.05, 0) is 30.5 Å². The fourth-order valence-corrected chi connectivity index (χ4v) is 3.35. The number of fused-ring (bicyclic) bond motifs is 1. The molecule has 0 amide bonds. The van der Waals surface area contributed by atoms with E-state index in [-0.39, 0.29) is 0 Å². The van der Waals surface area contributed by atoms with Gasteiger partial charge in [-0.15, -0.1) is 0 Å². The van der Waals surface area contributed by atoms with E-state index in [1.54, 1.807) is 0 Å². The zero-order valence-electron chi connectivity index (χ0n) is 12.1. The molecular formula is C17H23N3. The van der Waals surface area contributed by atoms with Gasteiger partial charge in [-0.25, -0.2) is 0 Å². The molecule has 2 aromatic rings. The summed E-state index contributed by atoms with van der Waals surface area (Å²) in [6.07, 6.45) is 4.44. The summed E-state index contributed by atoms with van der Waals surface area (Å²) in [6.45, 7) is 5.27. The van der Waals surface area contributed by atoms with Crippen LogP contribution in [-0.2, 0) is 0 Å². The Morgan fingerprint density at radius 3 is 2.95 bits per heavy atom. The third kappa shape index (κ3) is 2.43. The van der Waals surface area contributed by atoms with Gasteiger partial charge in [0.05, 0.1) is 5.52 Å². The highest BCUT2D eigenvalue weighted by molar-refractivity contribution is 5.82. The zero-order chi connectivity index (χ0) is 13.9. The molecule has 3 heteroatoms. The van der Waals surface area contributed by atoms with Crippen LogP contribution in [-0.4, -0.2) is 29.5 Å². The SMILES string of the molecule is CCC1CCN(C(CN)c2cccc3cccnc23)C1. The number of likely N-dealkylation sites (tertiary alicyclic amines) is 1. The molecule has 0 aliphatic carbocycles. The van der Waals surface area contributed by atoms with E-state index in [9.17, 15) is 0 Å². The summed E-state index contributed by atoms with van der Waals surface area (Å²) in [5.74, 6) is 0.826. The van der Waals surface area contributed by atoms with Gasteiger partial charge in [0, 0.05) is 30.7 Å². The Hall–Kier alpha value is -1.45. The predicted molar refractivity (Wildman–Crippen MR) is 83.5 cm³/mol. The van der Waals surface area contributed by atoms with Crippen LogP contribution in [0.5, 0.6) is 0 Å². The van der Waals surface area contributed by atoms with Crippen LogP contribution in [0.2, 0.25) is 0 Å². The van der Waals surface area contributed by atoms with E-state index in [1.807, 2.05) is 12.3 Å². The number of hydrogen-bond acceptors (Lipinski definition) is 3. The normalized spacial score (nSPS) is 21.4. The lowest BCUT2D eigenvalue weighted by molar-refractivity contribution is 0.242. The van der Waals surface area contributed by atoms with Crippen molar-refractivity contribution in [3.63, 3.8) is 0 Å². The standard InChI is InChI=1S/C17H23N3/c1-2-13-8-10-20(12-13)16(11-18)15-7-3-5-14-6-4-9-19-17(14)15/h3-7,9,13,16H,2,8,10-12,18H2,1H3. The Balaban J connectivity index is 1.95. The van der Waals surface area contributed by atoms with Crippen molar-refractivity contribution in [1.29, 1.82) is 0 Å². The Kier molecular flexibility index (Phi) is 3.99. The van der Waals surface area contributed by atoms with Crippen molar-refractivity contribution >= 4 is 10.9 Å². The van der Waals surface area contributed by atoms with E-state index in [4.69, 9.17) is 5.73 Å². The average molecular weight is 269 g/mol. The third-order valence-corrected chi connectivity index (χ3v) is 4.58. The number of aromatic nitrogens is 1.